The molecule has 5 nitrogen and oxygen atoms in total. The van der Waals surface area contributed by atoms with E-state index in [-0.39, 0.29) is 5.91 Å². The van der Waals surface area contributed by atoms with Crippen LogP contribution in [0.15, 0.2) is 24.3 Å². The quantitative estimate of drug-likeness (QED) is 0.602. The van der Waals surface area contributed by atoms with Gasteiger partial charge in [0.1, 0.15) is 6.04 Å². The van der Waals surface area contributed by atoms with Crippen LogP contribution in [-0.4, -0.2) is 24.5 Å². The van der Waals surface area contributed by atoms with E-state index in [0.29, 0.717) is 17.9 Å². The number of carbonyl (C=O) groups excluding carboxylic acids is 2. The first-order chi connectivity index (χ1) is 8.04. The van der Waals surface area contributed by atoms with Crippen LogP contribution >= 0.6 is 0 Å². The number of rotatable bonds is 4. The van der Waals surface area contributed by atoms with Gasteiger partial charge in [0.15, 0.2) is 0 Å². The lowest BCUT2D eigenvalue weighted by Crippen LogP contribution is -2.39. The molecule has 0 saturated heterocycles. The number of carbonyl (C=O) groups is 2. The molecule has 0 spiro atoms. The number of benzene rings is 1. The molecule has 0 fully saturated rings. The molecule has 0 saturated carbocycles. The van der Waals surface area contributed by atoms with Gasteiger partial charge < -0.3 is 15.8 Å². The minimum atomic E-state index is -0.667. The lowest BCUT2D eigenvalue weighted by Gasteiger charge is -2.12. The average Bonchev–Trinajstić information content (AvgIpc) is 2.30. The van der Waals surface area contributed by atoms with Crippen molar-refractivity contribution in [2.24, 2.45) is 0 Å². The molecule has 0 radical (unpaired) electrons. The van der Waals surface area contributed by atoms with E-state index in [1.807, 2.05) is 0 Å². The van der Waals surface area contributed by atoms with Crippen molar-refractivity contribution in [2.45, 2.75) is 19.9 Å². The number of nitrogens with two attached hydrogens (primary N) is 1. The topological polar surface area (TPSA) is 81.4 Å². The molecule has 0 aliphatic rings. The fraction of sp³-hybridized carbons (Fsp3) is 0.333. The largest absolute Gasteiger partial charge is 0.464 e. The fourth-order valence-electron chi connectivity index (χ4n) is 1.24. The number of hydrogen-bond acceptors (Lipinski definition) is 4. The van der Waals surface area contributed by atoms with Crippen LogP contribution in [0.2, 0.25) is 0 Å². The molecule has 1 amide bonds. The summed E-state index contributed by atoms with van der Waals surface area (Å²) in [5, 5.41) is 2.55. The summed E-state index contributed by atoms with van der Waals surface area (Å²) >= 11 is 0. The second kappa shape index (κ2) is 5.89. The lowest BCUT2D eigenvalue weighted by molar-refractivity contribution is -0.144. The normalized spacial score (nSPS) is 11.6. The Morgan fingerprint density at radius 1 is 1.35 bits per heavy atom. The Morgan fingerprint density at radius 2 is 1.94 bits per heavy atom. The molecule has 1 atom stereocenters. The highest BCUT2D eigenvalue weighted by molar-refractivity contribution is 5.96. The van der Waals surface area contributed by atoms with Gasteiger partial charge in [-0.05, 0) is 38.1 Å². The summed E-state index contributed by atoms with van der Waals surface area (Å²) in [5.74, 6) is -0.776. The first-order valence-corrected chi connectivity index (χ1v) is 5.37. The van der Waals surface area contributed by atoms with Crippen LogP contribution in [-0.2, 0) is 9.53 Å². The Hall–Kier alpha value is -2.04. The summed E-state index contributed by atoms with van der Waals surface area (Å²) in [4.78, 5) is 23.0. The number of anilines is 1. The van der Waals surface area contributed by atoms with Gasteiger partial charge in [-0.2, -0.15) is 0 Å². The SMILES string of the molecule is CCOC(=O)C(C)NC(=O)c1ccc(N)cc1. The summed E-state index contributed by atoms with van der Waals surface area (Å²) in [6.45, 7) is 3.58. The summed E-state index contributed by atoms with van der Waals surface area (Å²) in [6.07, 6.45) is 0. The zero-order valence-corrected chi connectivity index (χ0v) is 9.90. The third-order valence-electron chi connectivity index (χ3n) is 2.16. The van der Waals surface area contributed by atoms with Crippen LogP contribution in [0.1, 0.15) is 24.2 Å². The number of ether oxygens (including phenoxy) is 1. The van der Waals surface area contributed by atoms with E-state index < -0.39 is 12.0 Å². The summed E-state index contributed by atoms with van der Waals surface area (Å²) in [7, 11) is 0. The highest BCUT2D eigenvalue weighted by atomic mass is 16.5. The van der Waals surface area contributed by atoms with Crippen molar-refractivity contribution in [1.82, 2.24) is 5.32 Å². The molecule has 0 heterocycles. The smallest absolute Gasteiger partial charge is 0.328 e. The lowest BCUT2D eigenvalue weighted by atomic mass is 10.2. The van der Waals surface area contributed by atoms with Crippen LogP contribution < -0.4 is 11.1 Å². The third-order valence-corrected chi connectivity index (χ3v) is 2.16. The Kier molecular flexibility index (Phi) is 4.51. The first-order valence-electron chi connectivity index (χ1n) is 5.37. The minimum absolute atomic E-state index is 0.293. The molecule has 0 bridgehead atoms. The van der Waals surface area contributed by atoms with Crippen molar-refractivity contribution in [2.75, 3.05) is 12.3 Å². The Bertz CT molecular complexity index is 401. The van der Waals surface area contributed by atoms with E-state index in [0.717, 1.165) is 0 Å². The average molecular weight is 236 g/mol. The highest BCUT2D eigenvalue weighted by Gasteiger charge is 2.17. The zero-order chi connectivity index (χ0) is 12.8. The Balaban J connectivity index is 2.60. The van der Waals surface area contributed by atoms with Crippen molar-refractivity contribution in [1.29, 1.82) is 0 Å². The molecule has 1 aromatic rings. The molecule has 0 aliphatic carbocycles. The van der Waals surface area contributed by atoms with Gasteiger partial charge in [0.2, 0.25) is 0 Å². The van der Waals surface area contributed by atoms with Crippen LogP contribution in [0.4, 0.5) is 5.69 Å². The molecule has 0 aliphatic heterocycles. The monoisotopic (exact) mass is 236 g/mol. The number of esters is 1. The van der Waals surface area contributed by atoms with E-state index in [1.165, 1.54) is 0 Å². The van der Waals surface area contributed by atoms with Crippen molar-refractivity contribution >= 4 is 17.6 Å². The summed E-state index contributed by atoms with van der Waals surface area (Å²) < 4.78 is 4.79. The van der Waals surface area contributed by atoms with Gasteiger partial charge in [-0.1, -0.05) is 0 Å². The molecule has 92 valence electrons. The molecular formula is C12H16N2O3. The van der Waals surface area contributed by atoms with Gasteiger partial charge in [-0.15, -0.1) is 0 Å². The Labute approximate surface area is 99.9 Å². The van der Waals surface area contributed by atoms with E-state index in [9.17, 15) is 9.59 Å². The predicted octanol–water partition coefficient (Wildman–Crippen LogP) is 0.950. The van der Waals surface area contributed by atoms with Crippen LogP contribution in [0, 0.1) is 0 Å². The van der Waals surface area contributed by atoms with E-state index in [1.54, 1.807) is 38.1 Å². The highest BCUT2D eigenvalue weighted by Crippen LogP contribution is 2.05. The van der Waals surface area contributed by atoms with Gasteiger partial charge in [0.25, 0.3) is 5.91 Å². The van der Waals surface area contributed by atoms with Gasteiger partial charge in [0.05, 0.1) is 6.61 Å². The van der Waals surface area contributed by atoms with Crippen molar-refractivity contribution in [3.05, 3.63) is 29.8 Å². The third kappa shape index (κ3) is 3.79. The van der Waals surface area contributed by atoms with E-state index >= 15 is 0 Å². The maximum Gasteiger partial charge on any atom is 0.328 e. The van der Waals surface area contributed by atoms with Crippen LogP contribution in [0.5, 0.6) is 0 Å². The standard InChI is InChI=1S/C12H16N2O3/c1-3-17-12(16)8(2)14-11(15)9-4-6-10(13)7-5-9/h4-8H,3,13H2,1-2H3,(H,14,15). The summed E-state index contributed by atoms with van der Waals surface area (Å²) in [6, 6.07) is 5.79. The van der Waals surface area contributed by atoms with Gasteiger partial charge in [-0.25, -0.2) is 4.79 Å². The second-order valence-electron chi connectivity index (χ2n) is 3.57. The molecule has 1 unspecified atom stereocenters. The zero-order valence-electron chi connectivity index (χ0n) is 9.90. The minimum Gasteiger partial charge on any atom is -0.464 e. The molecule has 3 N–H and O–H groups in total. The molecule has 1 aromatic carbocycles. The fourth-order valence-corrected chi connectivity index (χ4v) is 1.24. The number of hydrogen-bond donors (Lipinski definition) is 2. The van der Waals surface area contributed by atoms with Crippen molar-refractivity contribution in [3.8, 4) is 0 Å². The Morgan fingerprint density at radius 3 is 2.47 bits per heavy atom. The second-order valence-corrected chi connectivity index (χ2v) is 3.57. The maximum atomic E-state index is 11.7. The van der Waals surface area contributed by atoms with E-state index in [2.05, 4.69) is 5.32 Å². The molecule has 17 heavy (non-hydrogen) atoms. The number of nitrogens with one attached hydrogen (secondary N) is 1. The van der Waals surface area contributed by atoms with Gasteiger partial charge >= 0.3 is 5.97 Å². The van der Waals surface area contributed by atoms with Gasteiger partial charge in [-0.3, -0.25) is 4.79 Å². The van der Waals surface area contributed by atoms with Crippen molar-refractivity contribution in [3.63, 3.8) is 0 Å². The van der Waals surface area contributed by atoms with Crippen molar-refractivity contribution < 1.29 is 14.3 Å². The summed E-state index contributed by atoms with van der Waals surface area (Å²) in [5.41, 5.74) is 6.55. The van der Waals surface area contributed by atoms with Crippen LogP contribution in [0.3, 0.4) is 0 Å². The maximum absolute atomic E-state index is 11.7. The number of amides is 1. The van der Waals surface area contributed by atoms with E-state index in [4.69, 9.17) is 10.5 Å². The number of nitrogen functional groups attached to an aromatic ring is 1. The van der Waals surface area contributed by atoms with Crippen LogP contribution in [0.25, 0.3) is 0 Å². The molecular weight excluding hydrogens is 220 g/mol. The molecule has 0 aromatic heterocycles. The molecule has 5 heteroatoms. The first kappa shape index (κ1) is 13.0. The predicted molar refractivity (Wildman–Crippen MR) is 64.4 cm³/mol. The molecule has 1 rings (SSSR count). The van der Waals surface area contributed by atoms with Gasteiger partial charge in [0, 0.05) is 11.3 Å².